The fourth-order valence-corrected chi connectivity index (χ4v) is 3.90. The van der Waals surface area contributed by atoms with E-state index in [9.17, 15) is 0 Å². The molecule has 2 heteroatoms. The lowest BCUT2D eigenvalue weighted by Gasteiger charge is -2.38. The first kappa shape index (κ1) is 18.7. The lowest BCUT2D eigenvalue weighted by atomic mass is 10.1. The Labute approximate surface area is 134 Å². The van der Waals surface area contributed by atoms with Gasteiger partial charge in [-0.25, -0.2) is 0 Å². The minimum Gasteiger partial charge on any atom is -0.410 e. The molecule has 1 unspecified atom stereocenters. The van der Waals surface area contributed by atoms with Crippen molar-refractivity contribution < 1.29 is 4.43 Å². The zero-order valence-corrected chi connectivity index (χ0v) is 16.2. The van der Waals surface area contributed by atoms with Gasteiger partial charge in [0.2, 0.25) is 0 Å². The molecule has 0 aromatic rings. The molecule has 0 aromatic carbocycles. The lowest BCUT2D eigenvalue weighted by Crippen LogP contribution is -2.43. The number of rotatable bonds is 7. The van der Waals surface area contributed by atoms with Crippen LogP contribution in [0.5, 0.6) is 0 Å². The van der Waals surface area contributed by atoms with E-state index in [1.54, 1.807) is 0 Å². The Morgan fingerprint density at radius 2 is 1.90 bits per heavy atom. The molecule has 1 rings (SSSR count). The van der Waals surface area contributed by atoms with Crippen LogP contribution in [0.2, 0.25) is 18.1 Å². The smallest absolute Gasteiger partial charge is 0.192 e. The van der Waals surface area contributed by atoms with Crippen LogP contribution in [0.1, 0.15) is 72.6 Å². The van der Waals surface area contributed by atoms with Crippen LogP contribution in [0.25, 0.3) is 0 Å². The summed E-state index contributed by atoms with van der Waals surface area (Å²) in [5.41, 5.74) is 2.73. The van der Waals surface area contributed by atoms with Gasteiger partial charge in [-0.05, 0) is 55.0 Å². The van der Waals surface area contributed by atoms with Gasteiger partial charge >= 0.3 is 0 Å². The Bertz CT molecular complexity index is 374. The van der Waals surface area contributed by atoms with E-state index in [-0.39, 0.29) is 11.1 Å². The molecule has 0 saturated heterocycles. The third-order valence-corrected chi connectivity index (χ3v) is 9.65. The van der Waals surface area contributed by atoms with Crippen molar-refractivity contribution >= 4 is 8.32 Å². The van der Waals surface area contributed by atoms with Crippen LogP contribution < -0.4 is 0 Å². The predicted octanol–water partition coefficient (Wildman–Crippen LogP) is 6.62. The maximum Gasteiger partial charge on any atom is 0.192 e. The van der Waals surface area contributed by atoms with E-state index in [4.69, 9.17) is 4.43 Å². The summed E-state index contributed by atoms with van der Waals surface area (Å²) in [5.74, 6) is 0. The molecule has 0 aromatic heterocycles. The van der Waals surface area contributed by atoms with E-state index >= 15 is 0 Å². The van der Waals surface area contributed by atoms with E-state index < -0.39 is 8.32 Å². The normalized spacial score (nSPS) is 22.3. The van der Waals surface area contributed by atoms with Gasteiger partial charge in [-0.1, -0.05) is 59.6 Å². The molecule has 1 aliphatic carbocycles. The summed E-state index contributed by atoms with van der Waals surface area (Å²) >= 11 is 0. The van der Waals surface area contributed by atoms with Crippen LogP contribution in [-0.4, -0.2) is 14.4 Å². The molecule has 0 heterocycles. The van der Waals surface area contributed by atoms with Gasteiger partial charge in [0.1, 0.15) is 0 Å². The van der Waals surface area contributed by atoms with Crippen LogP contribution in [0.4, 0.5) is 0 Å². The zero-order chi connectivity index (χ0) is 16.1. The average molecular weight is 309 g/mol. The molecule has 1 aliphatic rings. The first-order valence-corrected chi connectivity index (χ1v) is 11.7. The van der Waals surface area contributed by atoms with E-state index in [2.05, 4.69) is 53.4 Å². The largest absolute Gasteiger partial charge is 0.410 e. The van der Waals surface area contributed by atoms with Crippen molar-refractivity contribution in [3.63, 3.8) is 0 Å². The summed E-state index contributed by atoms with van der Waals surface area (Å²) < 4.78 is 6.55. The van der Waals surface area contributed by atoms with Crippen LogP contribution in [0, 0.1) is 0 Å². The average Bonchev–Trinajstić information content (AvgIpc) is 2.69. The van der Waals surface area contributed by atoms with Gasteiger partial charge in [0.15, 0.2) is 8.32 Å². The van der Waals surface area contributed by atoms with Gasteiger partial charge in [0, 0.05) is 0 Å². The zero-order valence-electron chi connectivity index (χ0n) is 15.2. The SMILES string of the molecule is C=C1/C(=C/CCCCCC)CCC1O[Si](C)(C)C(C)(C)C. The van der Waals surface area contributed by atoms with Crippen molar-refractivity contribution in [2.24, 2.45) is 0 Å². The number of allylic oxidation sites excluding steroid dienone is 1. The Hall–Kier alpha value is -0.343. The van der Waals surface area contributed by atoms with Gasteiger partial charge in [-0.15, -0.1) is 0 Å². The molecule has 0 N–H and O–H groups in total. The molecule has 1 fully saturated rings. The van der Waals surface area contributed by atoms with E-state index in [0.29, 0.717) is 0 Å². The minimum absolute atomic E-state index is 0.271. The third-order valence-electron chi connectivity index (χ3n) is 5.17. The topological polar surface area (TPSA) is 9.23 Å². The van der Waals surface area contributed by atoms with E-state index in [1.165, 1.54) is 43.3 Å². The van der Waals surface area contributed by atoms with E-state index in [0.717, 1.165) is 12.8 Å². The Balaban J connectivity index is 2.52. The highest BCUT2D eigenvalue weighted by Gasteiger charge is 2.40. The van der Waals surface area contributed by atoms with Crippen molar-refractivity contribution in [2.75, 3.05) is 0 Å². The molecule has 1 nitrogen and oxygen atoms in total. The second-order valence-corrected chi connectivity index (χ2v) is 12.8. The summed E-state index contributed by atoms with van der Waals surface area (Å²) in [6.07, 6.45) is 11.5. The first-order valence-electron chi connectivity index (χ1n) is 8.75. The molecule has 0 radical (unpaired) electrons. The van der Waals surface area contributed by atoms with Gasteiger partial charge in [-0.3, -0.25) is 0 Å². The molecule has 0 amide bonds. The maximum atomic E-state index is 6.55. The Morgan fingerprint density at radius 1 is 1.24 bits per heavy atom. The van der Waals surface area contributed by atoms with Crippen LogP contribution >= 0.6 is 0 Å². The third kappa shape index (κ3) is 5.41. The molecule has 21 heavy (non-hydrogen) atoms. The van der Waals surface area contributed by atoms with Gasteiger partial charge in [0.25, 0.3) is 0 Å². The molecule has 1 saturated carbocycles. The number of hydrogen-bond acceptors (Lipinski definition) is 1. The molecule has 1 atom stereocenters. The van der Waals surface area contributed by atoms with Crippen molar-refractivity contribution in [3.8, 4) is 0 Å². The first-order chi connectivity index (χ1) is 9.69. The standard InChI is InChI=1S/C19H36OSi/c1-8-9-10-11-12-13-17-14-15-18(16(17)2)20-21(6,7)19(3,4)5/h13,18H,2,8-12,14-15H2,1,3-7H3/b17-13+. The highest BCUT2D eigenvalue weighted by Crippen LogP contribution is 2.41. The van der Waals surface area contributed by atoms with Crippen molar-refractivity contribution in [1.29, 1.82) is 0 Å². The summed E-state index contributed by atoms with van der Waals surface area (Å²) in [6.45, 7) is 18.2. The van der Waals surface area contributed by atoms with Crippen LogP contribution in [0.3, 0.4) is 0 Å². The highest BCUT2D eigenvalue weighted by atomic mass is 28.4. The summed E-state index contributed by atoms with van der Waals surface area (Å²) in [6, 6.07) is 0. The van der Waals surface area contributed by atoms with Gasteiger partial charge in [0.05, 0.1) is 6.10 Å². The predicted molar refractivity (Wildman–Crippen MR) is 97.3 cm³/mol. The second-order valence-electron chi connectivity index (χ2n) is 8.01. The molecule has 0 bridgehead atoms. The molecule has 122 valence electrons. The van der Waals surface area contributed by atoms with Gasteiger partial charge < -0.3 is 4.43 Å². The number of hydrogen-bond donors (Lipinski definition) is 0. The molecule has 0 spiro atoms. The summed E-state index contributed by atoms with van der Waals surface area (Å²) in [5, 5.41) is 0.278. The lowest BCUT2D eigenvalue weighted by molar-refractivity contribution is 0.220. The molecular weight excluding hydrogens is 272 g/mol. The Morgan fingerprint density at radius 3 is 2.48 bits per heavy atom. The molecule has 0 aliphatic heterocycles. The van der Waals surface area contributed by atoms with Crippen molar-refractivity contribution in [2.45, 2.75) is 96.9 Å². The summed E-state index contributed by atoms with van der Waals surface area (Å²) in [4.78, 5) is 0. The minimum atomic E-state index is -1.68. The Kier molecular flexibility index (Phi) is 6.93. The van der Waals surface area contributed by atoms with Crippen molar-refractivity contribution in [1.82, 2.24) is 0 Å². The molecular formula is C19H36OSi. The number of unbranched alkanes of at least 4 members (excludes halogenated alkanes) is 4. The fraction of sp³-hybridized carbons (Fsp3) is 0.789. The quantitative estimate of drug-likeness (QED) is 0.379. The van der Waals surface area contributed by atoms with Crippen molar-refractivity contribution in [3.05, 3.63) is 23.8 Å². The fourth-order valence-electron chi connectivity index (χ4n) is 2.57. The second kappa shape index (κ2) is 7.78. The monoisotopic (exact) mass is 308 g/mol. The highest BCUT2D eigenvalue weighted by molar-refractivity contribution is 6.74. The van der Waals surface area contributed by atoms with Crippen LogP contribution in [0.15, 0.2) is 23.8 Å². The maximum absolute atomic E-state index is 6.55. The van der Waals surface area contributed by atoms with E-state index in [1.807, 2.05) is 0 Å². The summed E-state index contributed by atoms with van der Waals surface area (Å²) in [7, 11) is -1.68. The van der Waals surface area contributed by atoms with Crippen LogP contribution in [-0.2, 0) is 4.43 Å². The van der Waals surface area contributed by atoms with Gasteiger partial charge in [-0.2, -0.15) is 0 Å².